The molecule has 0 radical (unpaired) electrons. The van der Waals surface area contributed by atoms with Crippen molar-refractivity contribution in [2.24, 2.45) is 11.1 Å². The summed E-state index contributed by atoms with van der Waals surface area (Å²) in [5.74, 6) is 0.219. The molecule has 0 heterocycles. The van der Waals surface area contributed by atoms with E-state index in [0.717, 1.165) is 32.3 Å². The van der Waals surface area contributed by atoms with Crippen LogP contribution in [0, 0.1) is 5.41 Å². The first-order chi connectivity index (χ1) is 9.07. The van der Waals surface area contributed by atoms with Gasteiger partial charge in [0.15, 0.2) is 0 Å². The Hall–Kier alpha value is -0.610. The number of nitrogens with zero attached hydrogens (tertiary/aromatic N) is 1. The second kappa shape index (κ2) is 7.25. The van der Waals surface area contributed by atoms with Gasteiger partial charge in [0.25, 0.3) is 0 Å². The zero-order valence-electron chi connectivity index (χ0n) is 12.9. The van der Waals surface area contributed by atoms with Gasteiger partial charge in [-0.3, -0.25) is 4.79 Å². The molecule has 0 aromatic carbocycles. The van der Waals surface area contributed by atoms with Crippen LogP contribution in [0.25, 0.3) is 0 Å². The summed E-state index contributed by atoms with van der Waals surface area (Å²) in [4.78, 5) is 14.1. The molecule has 4 heteroatoms. The molecule has 1 aliphatic rings. The van der Waals surface area contributed by atoms with Gasteiger partial charge in [0.2, 0.25) is 5.91 Å². The number of amides is 1. The van der Waals surface area contributed by atoms with E-state index < -0.39 is 0 Å². The fourth-order valence-electron chi connectivity index (χ4n) is 3.49. The van der Waals surface area contributed by atoms with Crippen molar-refractivity contribution in [1.29, 1.82) is 0 Å². The molecule has 0 aromatic rings. The van der Waals surface area contributed by atoms with E-state index in [1.165, 1.54) is 0 Å². The summed E-state index contributed by atoms with van der Waals surface area (Å²) in [6, 6.07) is 0.323. The second-order valence-electron chi connectivity index (χ2n) is 5.53. The standard InChI is InChI=1S/C15H30N2O2/c1-5-15(6-2)12(11-13(15)19-7-3)17(4)14(18)9-8-10-16/h12-13H,5-11,16H2,1-4H3. The van der Waals surface area contributed by atoms with Crippen LogP contribution in [0.5, 0.6) is 0 Å². The smallest absolute Gasteiger partial charge is 0.222 e. The Morgan fingerprint density at radius 1 is 1.37 bits per heavy atom. The summed E-state index contributed by atoms with van der Waals surface area (Å²) < 4.78 is 5.86. The molecule has 1 rings (SSSR count). The molecule has 0 spiro atoms. The van der Waals surface area contributed by atoms with Crippen LogP contribution in [0.3, 0.4) is 0 Å². The zero-order valence-corrected chi connectivity index (χ0v) is 12.9. The predicted molar refractivity (Wildman–Crippen MR) is 77.9 cm³/mol. The average molecular weight is 270 g/mol. The molecule has 0 saturated heterocycles. The lowest BCUT2D eigenvalue weighted by Crippen LogP contribution is -2.64. The topological polar surface area (TPSA) is 55.6 Å². The van der Waals surface area contributed by atoms with Crippen LogP contribution in [0.4, 0.5) is 0 Å². The third kappa shape index (κ3) is 3.11. The highest BCUT2D eigenvalue weighted by Crippen LogP contribution is 2.51. The monoisotopic (exact) mass is 270 g/mol. The number of hydrogen-bond acceptors (Lipinski definition) is 3. The lowest BCUT2D eigenvalue weighted by Gasteiger charge is -2.58. The fourth-order valence-corrected chi connectivity index (χ4v) is 3.49. The van der Waals surface area contributed by atoms with Crippen molar-refractivity contribution in [3.63, 3.8) is 0 Å². The number of carbonyl (C=O) groups is 1. The highest BCUT2D eigenvalue weighted by atomic mass is 16.5. The lowest BCUT2D eigenvalue weighted by atomic mass is 9.58. The molecule has 112 valence electrons. The number of rotatable bonds is 8. The van der Waals surface area contributed by atoms with Gasteiger partial charge in [-0.1, -0.05) is 13.8 Å². The van der Waals surface area contributed by atoms with Gasteiger partial charge in [-0.25, -0.2) is 0 Å². The van der Waals surface area contributed by atoms with E-state index in [-0.39, 0.29) is 11.3 Å². The van der Waals surface area contributed by atoms with Crippen LogP contribution in [-0.4, -0.2) is 43.2 Å². The molecule has 1 aliphatic carbocycles. The van der Waals surface area contributed by atoms with E-state index in [1.807, 2.05) is 18.9 Å². The zero-order chi connectivity index (χ0) is 14.5. The SMILES string of the molecule is CCOC1CC(N(C)C(=O)CCCN)C1(CC)CC. The van der Waals surface area contributed by atoms with E-state index in [9.17, 15) is 4.79 Å². The van der Waals surface area contributed by atoms with E-state index in [4.69, 9.17) is 10.5 Å². The average Bonchev–Trinajstić information content (AvgIpc) is 2.41. The summed E-state index contributed by atoms with van der Waals surface area (Å²) in [5.41, 5.74) is 5.62. The minimum atomic E-state index is 0.142. The van der Waals surface area contributed by atoms with Gasteiger partial charge in [0, 0.05) is 31.5 Å². The Kier molecular flexibility index (Phi) is 6.27. The molecule has 4 nitrogen and oxygen atoms in total. The fraction of sp³-hybridized carbons (Fsp3) is 0.933. The predicted octanol–water partition coefficient (Wildman–Crippen LogP) is 2.17. The molecule has 1 amide bonds. The van der Waals surface area contributed by atoms with E-state index in [1.54, 1.807) is 0 Å². The number of hydrogen-bond donors (Lipinski definition) is 1. The molecule has 1 saturated carbocycles. The maximum absolute atomic E-state index is 12.1. The van der Waals surface area contributed by atoms with E-state index in [0.29, 0.717) is 25.1 Å². The molecule has 19 heavy (non-hydrogen) atoms. The molecule has 0 aliphatic heterocycles. The molecule has 2 atom stereocenters. The Morgan fingerprint density at radius 3 is 2.47 bits per heavy atom. The number of carbonyl (C=O) groups excluding carboxylic acids is 1. The van der Waals surface area contributed by atoms with E-state index in [2.05, 4.69) is 13.8 Å². The van der Waals surface area contributed by atoms with Crippen LogP contribution in [0.1, 0.15) is 52.9 Å². The van der Waals surface area contributed by atoms with Crippen molar-refractivity contribution in [2.45, 2.75) is 65.0 Å². The van der Waals surface area contributed by atoms with Crippen molar-refractivity contribution < 1.29 is 9.53 Å². The number of nitrogens with two attached hydrogens (primary N) is 1. The molecule has 0 bridgehead atoms. The molecule has 0 aromatic heterocycles. The first-order valence-corrected chi connectivity index (χ1v) is 7.64. The van der Waals surface area contributed by atoms with Crippen LogP contribution in [-0.2, 0) is 9.53 Å². The number of ether oxygens (including phenoxy) is 1. The van der Waals surface area contributed by atoms with Crippen molar-refractivity contribution in [3.8, 4) is 0 Å². The maximum atomic E-state index is 12.1. The Bertz CT molecular complexity index is 290. The minimum Gasteiger partial charge on any atom is -0.378 e. The van der Waals surface area contributed by atoms with Gasteiger partial charge < -0.3 is 15.4 Å². The maximum Gasteiger partial charge on any atom is 0.222 e. The summed E-state index contributed by atoms with van der Waals surface area (Å²) >= 11 is 0. The van der Waals surface area contributed by atoms with Crippen LogP contribution in [0.2, 0.25) is 0 Å². The van der Waals surface area contributed by atoms with Crippen molar-refractivity contribution >= 4 is 5.91 Å². The van der Waals surface area contributed by atoms with Crippen LogP contribution < -0.4 is 5.73 Å². The van der Waals surface area contributed by atoms with Gasteiger partial charge >= 0.3 is 0 Å². The summed E-state index contributed by atoms with van der Waals surface area (Å²) in [6.07, 6.45) is 4.74. The Labute approximate surface area is 117 Å². The molecule has 2 unspecified atom stereocenters. The molecular formula is C15H30N2O2. The normalized spacial score (nSPS) is 24.9. The first kappa shape index (κ1) is 16.4. The largest absolute Gasteiger partial charge is 0.378 e. The lowest BCUT2D eigenvalue weighted by molar-refractivity contribution is -0.177. The van der Waals surface area contributed by atoms with Gasteiger partial charge in [-0.05, 0) is 39.2 Å². The highest BCUT2D eigenvalue weighted by molar-refractivity contribution is 5.76. The van der Waals surface area contributed by atoms with Gasteiger partial charge in [0.05, 0.1) is 6.10 Å². The summed E-state index contributed by atoms with van der Waals surface area (Å²) in [6.45, 7) is 7.79. The minimum absolute atomic E-state index is 0.142. The quantitative estimate of drug-likeness (QED) is 0.735. The van der Waals surface area contributed by atoms with Crippen molar-refractivity contribution in [1.82, 2.24) is 4.90 Å². The Balaban J connectivity index is 2.69. The first-order valence-electron chi connectivity index (χ1n) is 7.64. The molecular weight excluding hydrogens is 240 g/mol. The van der Waals surface area contributed by atoms with Crippen LogP contribution in [0.15, 0.2) is 0 Å². The van der Waals surface area contributed by atoms with Gasteiger partial charge in [0.1, 0.15) is 0 Å². The summed E-state index contributed by atoms with van der Waals surface area (Å²) in [7, 11) is 1.94. The molecule has 2 N–H and O–H groups in total. The van der Waals surface area contributed by atoms with Crippen molar-refractivity contribution in [2.75, 3.05) is 20.2 Å². The summed E-state index contributed by atoms with van der Waals surface area (Å²) in [5, 5.41) is 0. The van der Waals surface area contributed by atoms with Crippen LogP contribution >= 0.6 is 0 Å². The highest BCUT2D eigenvalue weighted by Gasteiger charge is 2.55. The van der Waals surface area contributed by atoms with Gasteiger partial charge in [-0.15, -0.1) is 0 Å². The Morgan fingerprint density at radius 2 is 2.00 bits per heavy atom. The molecule has 1 fully saturated rings. The van der Waals surface area contributed by atoms with Crippen molar-refractivity contribution in [3.05, 3.63) is 0 Å². The van der Waals surface area contributed by atoms with Gasteiger partial charge in [-0.2, -0.15) is 0 Å². The second-order valence-corrected chi connectivity index (χ2v) is 5.53. The van der Waals surface area contributed by atoms with E-state index >= 15 is 0 Å². The third-order valence-corrected chi connectivity index (χ3v) is 4.88. The third-order valence-electron chi connectivity index (χ3n) is 4.88.